The third-order valence-corrected chi connectivity index (χ3v) is 10.6. The van der Waals surface area contributed by atoms with E-state index in [9.17, 15) is 14.4 Å². The fourth-order valence-corrected chi connectivity index (χ4v) is 7.94. The molecule has 43 heavy (non-hydrogen) atoms. The molecule has 0 bridgehead atoms. The van der Waals surface area contributed by atoms with Crippen LogP contribution in [0.1, 0.15) is 61.6 Å². The van der Waals surface area contributed by atoms with Gasteiger partial charge in [-0.2, -0.15) is 0 Å². The van der Waals surface area contributed by atoms with Crippen molar-refractivity contribution in [2.75, 3.05) is 32.7 Å². The Balaban J connectivity index is 1.16. The van der Waals surface area contributed by atoms with E-state index in [1.807, 2.05) is 46.2 Å². The van der Waals surface area contributed by atoms with Crippen molar-refractivity contribution in [1.29, 1.82) is 0 Å². The Kier molecular flexibility index (Phi) is 9.24. The van der Waals surface area contributed by atoms with Gasteiger partial charge in [0.05, 0.1) is 6.04 Å². The van der Waals surface area contributed by atoms with Gasteiger partial charge in [0.25, 0.3) is 0 Å². The number of piperidine rings is 1. The van der Waals surface area contributed by atoms with Gasteiger partial charge in [-0.15, -0.1) is 0 Å². The number of rotatable bonds is 8. The van der Waals surface area contributed by atoms with E-state index in [4.69, 9.17) is 11.6 Å². The predicted molar refractivity (Wildman–Crippen MR) is 168 cm³/mol. The van der Waals surface area contributed by atoms with E-state index in [0.29, 0.717) is 50.0 Å². The third kappa shape index (κ3) is 6.86. The molecule has 6 rings (SSSR count). The van der Waals surface area contributed by atoms with E-state index in [0.717, 1.165) is 31.5 Å². The molecule has 2 atom stereocenters. The lowest BCUT2D eigenvalue weighted by Crippen LogP contribution is -2.58. The summed E-state index contributed by atoms with van der Waals surface area (Å²) in [6, 6.07) is 14.7. The van der Waals surface area contributed by atoms with Gasteiger partial charge in [0.2, 0.25) is 11.8 Å². The Morgan fingerprint density at radius 1 is 0.977 bits per heavy atom. The molecule has 2 saturated heterocycles. The molecule has 3 N–H and O–H groups in total. The number of carbonyl (C=O) groups excluding carboxylic acids is 3. The maximum atomic E-state index is 14.2. The van der Waals surface area contributed by atoms with Crippen molar-refractivity contribution in [3.63, 3.8) is 0 Å². The molecule has 0 spiro atoms. The second-order valence-corrected chi connectivity index (χ2v) is 13.4. The largest absolute Gasteiger partial charge is 0.343 e. The Bertz CT molecular complexity index is 1300. The summed E-state index contributed by atoms with van der Waals surface area (Å²) >= 11 is 6.14. The van der Waals surface area contributed by atoms with Gasteiger partial charge in [-0.05, 0) is 72.3 Å². The smallest absolute Gasteiger partial charge is 0.317 e. The first-order valence-electron chi connectivity index (χ1n) is 16.1. The molecule has 0 radical (unpaired) electrons. The topological polar surface area (TPSA) is 93.8 Å². The van der Waals surface area contributed by atoms with E-state index in [1.54, 1.807) is 0 Å². The van der Waals surface area contributed by atoms with E-state index in [-0.39, 0.29) is 29.3 Å². The summed E-state index contributed by atoms with van der Waals surface area (Å²) in [5, 5.41) is 10.1. The molecule has 0 unspecified atom stereocenters. The number of hydrogen-bond acceptors (Lipinski definition) is 4. The molecule has 3 aliphatic heterocycles. The fraction of sp³-hybridized carbons (Fsp3) is 0.559. The van der Waals surface area contributed by atoms with Crippen LogP contribution in [0.3, 0.4) is 0 Å². The molecular formula is C34H44ClN5O3. The molecule has 0 aromatic heterocycles. The van der Waals surface area contributed by atoms with Crippen LogP contribution in [-0.2, 0) is 29.0 Å². The number of hydrogen-bond donors (Lipinski definition) is 3. The highest BCUT2D eigenvalue weighted by molar-refractivity contribution is 6.30. The minimum absolute atomic E-state index is 0.0318. The van der Waals surface area contributed by atoms with Gasteiger partial charge >= 0.3 is 6.03 Å². The zero-order chi connectivity index (χ0) is 29.8. The maximum Gasteiger partial charge on any atom is 0.317 e. The summed E-state index contributed by atoms with van der Waals surface area (Å²) in [6.07, 6.45) is 8.96. The summed E-state index contributed by atoms with van der Waals surface area (Å²) in [6.45, 7) is 4.15. The van der Waals surface area contributed by atoms with Crippen molar-refractivity contribution in [1.82, 2.24) is 25.8 Å². The molecule has 9 heteroatoms. The van der Waals surface area contributed by atoms with Crippen LogP contribution >= 0.6 is 11.6 Å². The maximum absolute atomic E-state index is 14.2. The van der Waals surface area contributed by atoms with Crippen molar-refractivity contribution < 1.29 is 14.4 Å². The van der Waals surface area contributed by atoms with Crippen molar-refractivity contribution in [2.24, 2.45) is 11.3 Å². The molecule has 1 saturated carbocycles. The van der Waals surface area contributed by atoms with Crippen LogP contribution in [-0.4, -0.2) is 72.5 Å². The number of nitrogens with one attached hydrogen (secondary N) is 3. The quantitative estimate of drug-likeness (QED) is 0.418. The van der Waals surface area contributed by atoms with Crippen molar-refractivity contribution in [3.05, 3.63) is 70.2 Å². The van der Waals surface area contributed by atoms with Crippen LogP contribution in [0.25, 0.3) is 0 Å². The summed E-state index contributed by atoms with van der Waals surface area (Å²) < 4.78 is 0. The molecule has 2 aromatic rings. The Morgan fingerprint density at radius 3 is 2.40 bits per heavy atom. The molecule has 1 aliphatic carbocycles. The van der Waals surface area contributed by atoms with Crippen LogP contribution in [0.2, 0.25) is 5.02 Å². The van der Waals surface area contributed by atoms with Crippen LogP contribution in [0.15, 0.2) is 48.5 Å². The van der Waals surface area contributed by atoms with E-state index < -0.39 is 6.04 Å². The molecule has 3 fully saturated rings. The Morgan fingerprint density at radius 2 is 1.70 bits per heavy atom. The number of nitrogens with zero attached hydrogens (tertiary/aromatic N) is 2. The van der Waals surface area contributed by atoms with Gasteiger partial charge < -0.3 is 25.8 Å². The van der Waals surface area contributed by atoms with Crippen LogP contribution in [0, 0.1) is 11.3 Å². The number of urea groups is 1. The molecule has 230 valence electrons. The number of likely N-dealkylation sites (tertiary alicyclic amines) is 1. The van der Waals surface area contributed by atoms with Crippen molar-refractivity contribution in [2.45, 2.75) is 76.4 Å². The molecule has 8 nitrogen and oxygen atoms in total. The molecule has 3 heterocycles. The normalized spacial score (nSPS) is 22.9. The standard InChI is InChI=1S/C34H44ClN5O3/c35-28-12-10-24(11-13-28)20-30(38-31(41)29-21-25-6-4-5-7-26(25)22-37-29)32(42)39-17-14-34(15-18-39,27-8-2-1-3-9-27)23-40-19-16-36-33(40)43/h4-7,10-13,27,29-30,37H,1-3,8-9,14-23H2,(H,36,43)(H,38,41)/t29-,30-/m1/s1. The first-order chi connectivity index (χ1) is 20.9. The lowest BCUT2D eigenvalue weighted by Gasteiger charge is -2.49. The van der Waals surface area contributed by atoms with Gasteiger partial charge in [-0.3, -0.25) is 9.59 Å². The van der Waals surface area contributed by atoms with Crippen LogP contribution in [0.5, 0.6) is 0 Å². The highest BCUT2D eigenvalue weighted by atomic mass is 35.5. The highest BCUT2D eigenvalue weighted by Crippen LogP contribution is 2.46. The summed E-state index contributed by atoms with van der Waals surface area (Å²) in [4.78, 5) is 44.2. The van der Waals surface area contributed by atoms with E-state index >= 15 is 0 Å². The number of fused-ring (bicyclic) bond motifs is 1. The third-order valence-electron chi connectivity index (χ3n) is 10.4. The average Bonchev–Trinajstić information content (AvgIpc) is 3.45. The zero-order valence-electron chi connectivity index (χ0n) is 25.0. The van der Waals surface area contributed by atoms with E-state index in [2.05, 4.69) is 28.1 Å². The number of halogens is 1. The average molecular weight is 606 g/mol. The summed E-state index contributed by atoms with van der Waals surface area (Å²) in [5.41, 5.74) is 3.37. The van der Waals surface area contributed by atoms with Gasteiger partial charge in [-0.25, -0.2) is 4.79 Å². The monoisotopic (exact) mass is 605 g/mol. The second-order valence-electron chi connectivity index (χ2n) is 13.0. The lowest BCUT2D eigenvalue weighted by atomic mass is 9.63. The SMILES string of the molecule is O=C(N[C@H](Cc1ccc(Cl)cc1)C(=O)N1CCC(CN2CCNC2=O)(C2CCCCC2)CC1)[C@H]1Cc2ccccc2CN1. The molecule has 4 aliphatic rings. The Labute approximate surface area is 259 Å². The first kappa shape index (κ1) is 29.9. The number of carbonyl (C=O) groups is 3. The van der Waals surface area contributed by atoms with Gasteiger partial charge in [-0.1, -0.05) is 67.3 Å². The highest BCUT2D eigenvalue weighted by Gasteiger charge is 2.45. The number of benzene rings is 2. The van der Waals surface area contributed by atoms with Gasteiger partial charge in [0, 0.05) is 50.7 Å². The summed E-state index contributed by atoms with van der Waals surface area (Å²) in [7, 11) is 0. The molecule has 4 amide bonds. The molecule has 2 aromatic carbocycles. The van der Waals surface area contributed by atoms with Crippen LogP contribution < -0.4 is 16.0 Å². The number of amides is 4. The lowest BCUT2D eigenvalue weighted by molar-refractivity contribution is -0.139. The minimum atomic E-state index is -0.667. The fourth-order valence-electron chi connectivity index (χ4n) is 7.81. The molecular weight excluding hydrogens is 562 g/mol. The van der Waals surface area contributed by atoms with E-state index in [1.165, 1.54) is 43.2 Å². The zero-order valence-corrected chi connectivity index (χ0v) is 25.7. The van der Waals surface area contributed by atoms with Crippen molar-refractivity contribution >= 4 is 29.4 Å². The predicted octanol–water partition coefficient (Wildman–Crippen LogP) is 4.30. The minimum Gasteiger partial charge on any atom is -0.343 e. The van der Waals surface area contributed by atoms with Crippen LogP contribution in [0.4, 0.5) is 4.79 Å². The Hall–Kier alpha value is -3.10. The first-order valence-corrected chi connectivity index (χ1v) is 16.4. The van der Waals surface area contributed by atoms with Gasteiger partial charge in [0.15, 0.2) is 0 Å². The summed E-state index contributed by atoms with van der Waals surface area (Å²) in [5.74, 6) is 0.405. The second kappa shape index (κ2) is 13.3. The van der Waals surface area contributed by atoms with Crippen molar-refractivity contribution in [3.8, 4) is 0 Å². The van der Waals surface area contributed by atoms with Gasteiger partial charge in [0.1, 0.15) is 6.04 Å².